The molecule has 0 atom stereocenters. The van der Waals surface area contributed by atoms with Gasteiger partial charge in [-0.15, -0.1) is 0 Å². The summed E-state index contributed by atoms with van der Waals surface area (Å²) in [4.78, 5) is 15.1. The van der Waals surface area contributed by atoms with Gasteiger partial charge in [0.25, 0.3) is 5.56 Å². The predicted molar refractivity (Wildman–Crippen MR) is 84.3 cm³/mol. The van der Waals surface area contributed by atoms with E-state index in [1.165, 1.54) is 0 Å². The van der Waals surface area contributed by atoms with Gasteiger partial charge in [-0.3, -0.25) is 4.79 Å². The predicted octanol–water partition coefficient (Wildman–Crippen LogP) is 3.55. The zero-order valence-corrected chi connectivity index (χ0v) is 11.5. The Labute approximate surface area is 117 Å². The molecule has 1 heterocycles. The highest BCUT2D eigenvalue weighted by Gasteiger charge is 2.05. The summed E-state index contributed by atoms with van der Waals surface area (Å²) in [5, 5.41) is 4.82. The van der Waals surface area contributed by atoms with Gasteiger partial charge in [-0.2, -0.15) is 0 Å². The maximum Gasteiger partial charge on any atom is 0.256 e. The Morgan fingerprint density at radius 1 is 1.00 bits per heavy atom. The summed E-state index contributed by atoms with van der Waals surface area (Å²) in [5.74, 6) is 0. The van der Waals surface area contributed by atoms with Gasteiger partial charge in [0, 0.05) is 23.8 Å². The fraction of sp³-hybridized carbons (Fsp3) is 0.118. The lowest BCUT2D eigenvalue weighted by Gasteiger charge is -2.07. The minimum Gasteiger partial charge on any atom is -0.388 e. The van der Waals surface area contributed by atoms with Crippen LogP contribution in [0.5, 0.6) is 0 Å². The number of rotatable bonds is 2. The number of pyridine rings is 1. The first-order valence-electron chi connectivity index (χ1n) is 6.60. The number of aromatic amines is 1. The van der Waals surface area contributed by atoms with Crippen molar-refractivity contribution in [1.29, 1.82) is 0 Å². The summed E-state index contributed by atoms with van der Waals surface area (Å²) >= 11 is 0. The smallest absolute Gasteiger partial charge is 0.256 e. The maximum atomic E-state index is 12.2. The van der Waals surface area contributed by atoms with E-state index in [0.717, 1.165) is 33.3 Å². The second kappa shape index (κ2) is 4.85. The van der Waals surface area contributed by atoms with Crippen molar-refractivity contribution in [2.24, 2.45) is 0 Å². The Balaban J connectivity index is 2.21. The van der Waals surface area contributed by atoms with Gasteiger partial charge >= 0.3 is 0 Å². The quantitative estimate of drug-likeness (QED) is 0.743. The molecule has 0 unspecified atom stereocenters. The van der Waals surface area contributed by atoms with E-state index >= 15 is 0 Å². The van der Waals surface area contributed by atoms with Gasteiger partial charge < -0.3 is 10.3 Å². The molecule has 0 radical (unpaired) electrons. The second-order valence-corrected chi connectivity index (χ2v) is 4.88. The molecular formula is C17H16N2O. The molecule has 0 aliphatic rings. The third-order valence-electron chi connectivity index (χ3n) is 3.59. The highest BCUT2D eigenvalue weighted by atomic mass is 16.1. The third kappa shape index (κ3) is 2.07. The monoisotopic (exact) mass is 264 g/mol. The average molecular weight is 264 g/mol. The van der Waals surface area contributed by atoms with Crippen molar-refractivity contribution >= 4 is 16.5 Å². The van der Waals surface area contributed by atoms with Crippen molar-refractivity contribution in [3.05, 3.63) is 64.4 Å². The molecule has 2 N–H and O–H groups in total. The molecule has 0 aliphatic carbocycles. The van der Waals surface area contributed by atoms with Gasteiger partial charge in [0.1, 0.15) is 0 Å². The summed E-state index contributed by atoms with van der Waals surface area (Å²) in [7, 11) is 1.89. The van der Waals surface area contributed by atoms with Crippen LogP contribution in [0.4, 0.5) is 5.69 Å². The van der Waals surface area contributed by atoms with E-state index in [1.54, 1.807) is 0 Å². The van der Waals surface area contributed by atoms with Crippen LogP contribution in [0.2, 0.25) is 0 Å². The number of anilines is 1. The van der Waals surface area contributed by atoms with E-state index in [9.17, 15) is 4.79 Å². The minimum atomic E-state index is -0.0427. The lowest BCUT2D eigenvalue weighted by Crippen LogP contribution is -2.07. The van der Waals surface area contributed by atoms with Gasteiger partial charge in [-0.1, -0.05) is 24.3 Å². The normalized spacial score (nSPS) is 10.7. The van der Waals surface area contributed by atoms with Crippen molar-refractivity contribution in [3.8, 4) is 11.3 Å². The van der Waals surface area contributed by atoms with Crippen LogP contribution in [0, 0.1) is 6.92 Å². The number of aryl methyl sites for hydroxylation is 1. The van der Waals surface area contributed by atoms with Crippen molar-refractivity contribution in [1.82, 2.24) is 4.98 Å². The van der Waals surface area contributed by atoms with E-state index in [2.05, 4.69) is 10.3 Å². The van der Waals surface area contributed by atoms with Crippen molar-refractivity contribution in [2.75, 3.05) is 12.4 Å². The zero-order chi connectivity index (χ0) is 14.1. The number of benzene rings is 2. The van der Waals surface area contributed by atoms with Gasteiger partial charge in [-0.05, 0) is 47.7 Å². The first-order valence-corrected chi connectivity index (χ1v) is 6.60. The number of hydrogen-bond acceptors (Lipinski definition) is 2. The Hall–Kier alpha value is -2.55. The van der Waals surface area contributed by atoms with E-state index in [1.807, 2.05) is 62.5 Å². The summed E-state index contributed by atoms with van der Waals surface area (Å²) < 4.78 is 0. The number of fused-ring (bicyclic) bond motifs is 1. The highest BCUT2D eigenvalue weighted by molar-refractivity contribution is 5.87. The van der Waals surface area contributed by atoms with Gasteiger partial charge in [0.15, 0.2) is 0 Å². The highest BCUT2D eigenvalue weighted by Crippen LogP contribution is 2.23. The van der Waals surface area contributed by atoms with Crippen molar-refractivity contribution < 1.29 is 0 Å². The van der Waals surface area contributed by atoms with E-state index in [-0.39, 0.29) is 5.56 Å². The van der Waals surface area contributed by atoms with Crippen molar-refractivity contribution in [3.63, 3.8) is 0 Å². The Morgan fingerprint density at radius 2 is 1.75 bits per heavy atom. The molecule has 0 aliphatic heterocycles. The second-order valence-electron chi connectivity index (χ2n) is 4.88. The molecule has 0 fully saturated rings. The van der Waals surface area contributed by atoms with E-state index in [0.29, 0.717) is 0 Å². The fourth-order valence-corrected chi connectivity index (χ4v) is 2.41. The average Bonchev–Trinajstić information content (AvgIpc) is 2.48. The Morgan fingerprint density at radius 3 is 2.45 bits per heavy atom. The van der Waals surface area contributed by atoms with E-state index < -0.39 is 0 Å². The van der Waals surface area contributed by atoms with Crippen LogP contribution in [0.15, 0.2) is 53.3 Å². The maximum absolute atomic E-state index is 12.2. The summed E-state index contributed by atoms with van der Waals surface area (Å²) in [6, 6.07) is 15.8. The van der Waals surface area contributed by atoms with Crippen molar-refractivity contribution in [2.45, 2.75) is 6.92 Å². The Bertz CT molecular complexity index is 817. The first-order chi connectivity index (χ1) is 9.69. The molecule has 3 nitrogen and oxygen atoms in total. The molecule has 2 aromatic carbocycles. The molecule has 3 rings (SSSR count). The summed E-state index contributed by atoms with van der Waals surface area (Å²) in [6.07, 6.45) is 0. The van der Waals surface area contributed by atoms with Crippen LogP contribution < -0.4 is 10.9 Å². The molecule has 0 amide bonds. The van der Waals surface area contributed by atoms with Crippen LogP contribution in [-0.2, 0) is 0 Å². The molecule has 0 spiro atoms. The van der Waals surface area contributed by atoms with Crippen LogP contribution >= 0.6 is 0 Å². The third-order valence-corrected chi connectivity index (χ3v) is 3.59. The van der Waals surface area contributed by atoms with Gasteiger partial charge in [0.05, 0.1) is 0 Å². The summed E-state index contributed by atoms with van der Waals surface area (Å²) in [5.41, 5.74) is 3.97. The zero-order valence-electron chi connectivity index (χ0n) is 11.5. The Kier molecular flexibility index (Phi) is 3.03. The van der Waals surface area contributed by atoms with Crippen LogP contribution in [0.25, 0.3) is 22.0 Å². The van der Waals surface area contributed by atoms with Gasteiger partial charge in [-0.25, -0.2) is 0 Å². The number of hydrogen-bond donors (Lipinski definition) is 2. The minimum absolute atomic E-state index is 0.0427. The molecule has 20 heavy (non-hydrogen) atoms. The summed E-state index contributed by atoms with van der Waals surface area (Å²) in [6.45, 7) is 2.02. The molecule has 3 heteroatoms. The largest absolute Gasteiger partial charge is 0.388 e. The first kappa shape index (κ1) is 12.5. The van der Waals surface area contributed by atoms with Crippen LogP contribution in [0.1, 0.15) is 5.56 Å². The topological polar surface area (TPSA) is 44.9 Å². The van der Waals surface area contributed by atoms with Gasteiger partial charge in [0.2, 0.25) is 0 Å². The number of nitrogens with one attached hydrogen (secondary N) is 2. The standard InChI is InChI=1S/C17H16N2O/c1-11-4-3-5-14-15(11)10-16(19-17(14)20)12-6-8-13(18-2)9-7-12/h3-10,18H,1-2H3,(H,19,20). The molecule has 0 bridgehead atoms. The molecule has 0 saturated heterocycles. The molecule has 3 aromatic rings. The lowest BCUT2D eigenvalue weighted by molar-refractivity contribution is 1.27. The molecule has 0 saturated carbocycles. The fourth-order valence-electron chi connectivity index (χ4n) is 2.41. The molecular weight excluding hydrogens is 248 g/mol. The van der Waals surface area contributed by atoms with Crippen LogP contribution in [-0.4, -0.2) is 12.0 Å². The van der Waals surface area contributed by atoms with E-state index in [4.69, 9.17) is 0 Å². The molecule has 1 aromatic heterocycles. The lowest BCUT2D eigenvalue weighted by atomic mass is 10.0. The molecule has 100 valence electrons. The van der Waals surface area contributed by atoms with Crippen LogP contribution in [0.3, 0.4) is 0 Å². The SMILES string of the molecule is CNc1ccc(-c2cc3c(C)cccc3c(=O)[nH]2)cc1. The number of H-pyrrole nitrogens is 1. The number of aromatic nitrogens is 1.